The fourth-order valence-electron chi connectivity index (χ4n) is 4.66. The lowest BCUT2D eigenvalue weighted by atomic mass is 9.81. The lowest BCUT2D eigenvalue weighted by Crippen LogP contribution is -2.50. The van der Waals surface area contributed by atoms with Crippen molar-refractivity contribution in [3.8, 4) is 11.5 Å². The van der Waals surface area contributed by atoms with Gasteiger partial charge in [0.25, 0.3) is 5.91 Å². The first-order valence-electron chi connectivity index (χ1n) is 11.1. The van der Waals surface area contributed by atoms with Crippen LogP contribution in [0, 0.1) is 13.8 Å². The summed E-state index contributed by atoms with van der Waals surface area (Å²) in [5, 5.41) is 10.8. The summed E-state index contributed by atoms with van der Waals surface area (Å²) in [6.45, 7) is 4.81. The summed E-state index contributed by atoms with van der Waals surface area (Å²) in [7, 11) is 1.77. The fraction of sp³-hybridized carbons (Fsp3) is 0.320. The summed E-state index contributed by atoms with van der Waals surface area (Å²) in [5.74, 6) is 0.422. The van der Waals surface area contributed by atoms with E-state index in [1.165, 1.54) is 0 Å². The molecule has 0 fully saturated rings. The third-order valence-electron chi connectivity index (χ3n) is 6.19. The van der Waals surface area contributed by atoms with E-state index in [0.717, 1.165) is 28.8 Å². The maximum Gasteiger partial charge on any atom is 0.251 e. The van der Waals surface area contributed by atoms with Gasteiger partial charge in [-0.2, -0.15) is 5.10 Å². The van der Waals surface area contributed by atoms with Gasteiger partial charge in [-0.15, -0.1) is 0 Å². The van der Waals surface area contributed by atoms with Crippen LogP contribution in [-0.2, 0) is 11.8 Å². The Labute approximate surface area is 202 Å². The highest BCUT2D eigenvalue weighted by Crippen LogP contribution is 2.45. The van der Waals surface area contributed by atoms with Crippen LogP contribution in [0.1, 0.15) is 45.1 Å². The number of benzene rings is 2. The number of halogens is 1. The average Bonchev–Trinajstić information content (AvgIpc) is 2.96. The smallest absolute Gasteiger partial charge is 0.251 e. The normalized spacial score (nSPS) is 19.1. The van der Waals surface area contributed by atoms with Crippen molar-refractivity contribution < 1.29 is 19.1 Å². The molecule has 0 saturated carbocycles. The third kappa shape index (κ3) is 3.88. The highest BCUT2D eigenvalue weighted by molar-refractivity contribution is 6.32. The van der Waals surface area contributed by atoms with Crippen molar-refractivity contribution in [2.24, 2.45) is 7.05 Å². The molecule has 3 aromatic rings. The van der Waals surface area contributed by atoms with Crippen LogP contribution in [0.4, 0.5) is 5.82 Å². The number of ether oxygens (including phenoxy) is 2. The fourth-order valence-corrected chi connectivity index (χ4v) is 4.93. The van der Waals surface area contributed by atoms with Crippen LogP contribution < -0.4 is 20.1 Å². The van der Waals surface area contributed by atoms with Gasteiger partial charge >= 0.3 is 0 Å². The second kappa shape index (κ2) is 8.68. The Morgan fingerprint density at radius 3 is 2.79 bits per heavy atom. The van der Waals surface area contributed by atoms with E-state index in [-0.39, 0.29) is 11.8 Å². The Bertz CT molecular complexity index is 1300. The number of hydrogen-bond donors (Lipinski definition) is 2. The molecule has 2 atom stereocenters. The van der Waals surface area contributed by atoms with Gasteiger partial charge in [0.15, 0.2) is 11.5 Å². The predicted octanol–water partition coefficient (Wildman–Crippen LogP) is 3.73. The van der Waals surface area contributed by atoms with Crippen molar-refractivity contribution in [3.63, 3.8) is 0 Å². The lowest BCUT2D eigenvalue weighted by molar-refractivity contribution is -0.118. The van der Waals surface area contributed by atoms with Gasteiger partial charge in [0.05, 0.1) is 23.9 Å². The zero-order valence-corrected chi connectivity index (χ0v) is 19.9. The van der Waals surface area contributed by atoms with Crippen LogP contribution in [0.15, 0.2) is 36.4 Å². The van der Waals surface area contributed by atoms with Gasteiger partial charge in [-0.3, -0.25) is 14.3 Å². The summed E-state index contributed by atoms with van der Waals surface area (Å²) in [5.41, 5.74) is 3.74. The minimum Gasteiger partial charge on any atom is -0.489 e. The molecule has 0 saturated heterocycles. The van der Waals surface area contributed by atoms with Crippen LogP contribution in [0.2, 0.25) is 5.02 Å². The molecule has 0 unspecified atom stereocenters. The summed E-state index contributed by atoms with van der Waals surface area (Å²) in [6.07, 6.45) is 0.743. The van der Waals surface area contributed by atoms with Crippen molar-refractivity contribution >= 4 is 29.2 Å². The summed E-state index contributed by atoms with van der Waals surface area (Å²) in [6, 6.07) is 9.98. The first-order chi connectivity index (χ1) is 16.3. The molecule has 2 amide bonds. The summed E-state index contributed by atoms with van der Waals surface area (Å²) >= 11 is 6.60. The monoisotopic (exact) mass is 480 g/mol. The van der Waals surface area contributed by atoms with Crippen LogP contribution >= 0.6 is 11.6 Å². The molecule has 2 aliphatic heterocycles. The van der Waals surface area contributed by atoms with E-state index in [0.29, 0.717) is 41.1 Å². The minimum atomic E-state index is -0.885. The molecule has 0 radical (unpaired) electrons. The van der Waals surface area contributed by atoms with Crippen LogP contribution in [0.25, 0.3) is 0 Å². The van der Waals surface area contributed by atoms with Crippen molar-refractivity contribution in [2.45, 2.75) is 32.2 Å². The van der Waals surface area contributed by atoms with Crippen molar-refractivity contribution in [3.05, 3.63) is 69.4 Å². The second-order valence-electron chi connectivity index (χ2n) is 8.64. The number of aryl methyl sites for hydroxylation is 3. The third-order valence-corrected chi connectivity index (χ3v) is 6.47. The zero-order valence-electron chi connectivity index (χ0n) is 19.1. The van der Waals surface area contributed by atoms with Crippen molar-refractivity contribution in [1.29, 1.82) is 0 Å². The van der Waals surface area contributed by atoms with Gasteiger partial charge in [-0.1, -0.05) is 29.3 Å². The molecule has 8 nitrogen and oxygen atoms in total. The SMILES string of the molecule is Cc1cccc(C(=O)N[C@H]2C(=O)Nc3c(c(C)nn3C)[C@@H]2c2cc(Cl)c3c(c2)OCCCO3)c1. The van der Waals surface area contributed by atoms with Crippen molar-refractivity contribution in [2.75, 3.05) is 18.5 Å². The van der Waals surface area contributed by atoms with Gasteiger partial charge in [-0.05, 0) is 43.7 Å². The number of nitrogens with one attached hydrogen (secondary N) is 2. The molecule has 2 N–H and O–H groups in total. The van der Waals surface area contributed by atoms with E-state index in [2.05, 4.69) is 15.7 Å². The topological polar surface area (TPSA) is 94.5 Å². The number of carbonyl (C=O) groups excluding carboxylic acids is 2. The number of hydrogen-bond acceptors (Lipinski definition) is 5. The van der Waals surface area contributed by atoms with E-state index in [4.69, 9.17) is 21.1 Å². The number of nitrogens with zero attached hydrogens (tertiary/aromatic N) is 2. The van der Waals surface area contributed by atoms with Gasteiger partial charge in [0.1, 0.15) is 11.9 Å². The van der Waals surface area contributed by atoms with E-state index >= 15 is 0 Å². The summed E-state index contributed by atoms with van der Waals surface area (Å²) in [4.78, 5) is 26.5. The van der Waals surface area contributed by atoms with Crippen LogP contribution in [-0.4, -0.2) is 40.9 Å². The van der Waals surface area contributed by atoms with E-state index in [9.17, 15) is 9.59 Å². The molecule has 2 aromatic carbocycles. The number of fused-ring (bicyclic) bond motifs is 2. The molecule has 0 aliphatic carbocycles. The molecule has 34 heavy (non-hydrogen) atoms. The Kier molecular flexibility index (Phi) is 5.69. The summed E-state index contributed by atoms with van der Waals surface area (Å²) < 4.78 is 13.3. The van der Waals surface area contributed by atoms with Gasteiger partial charge in [0, 0.05) is 30.5 Å². The zero-order chi connectivity index (χ0) is 24.0. The maximum atomic E-state index is 13.3. The maximum absolute atomic E-state index is 13.3. The molecule has 0 bridgehead atoms. The number of anilines is 1. The highest BCUT2D eigenvalue weighted by Gasteiger charge is 2.42. The Morgan fingerprint density at radius 2 is 2.00 bits per heavy atom. The van der Waals surface area contributed by atoms with Gasteiger partial charge < -0.3 is 20.1 Å². The number of carbonyl (C=O) groups is 2. The quantitative estimate of drug-likeness (QED) is 0.595. The molecule has 176 valence electrons. The molecule has 3 heterocycles. The predicted molar refractivity (Wildman–Crippen MR) is 128 cm³/mol. The molecular weight excluding hydrogens is 456 g/mol. The Hall–Kier alpha value is -3.52. The second-order valence-corrected chi connectivity index (χ2v) is 9.05. The molecule has 0 spiro atoms. The number of amides is 2. The average molecular weight is 481 g/mol. The Morgan fingerprint density at radius 1 is 1.21 bits per heavy atom. The first kappa shape index (κ1) is 22.3. The van der Waals surface area contributed by atoms with Gasteiger partial charge in [0.2, 0.25) is 5.91 Å². The van der Waals surface area contributed by atoms with Crippen LogP contribution in [0.3, 0.4) is 0 Å². The highest BCUT2D eigenvalue weighted by atomic mass is 35.5. The largest absolute Gasteiger partial charge is 0.489 e. The lowest BCUT2D eigenvalue weighted by Gasteiger charge is -2.33. The molecule has 2 aliphatic rings. The van der Waals surface area contributed by atoms with E-state index in [1.54, 1.807) is 29.9 Å². The first-order valence-corrected chi connectivity index (χ1v) is 11.5. The molecular formula is C25H25ClN4O4. The molecule has 5 rings (SSSR count). The number of rotatable bonds is 3. The molecule has 9 heteroatoms. The van der Waals surface area contributed by atoms with Crippen LogP contribution in [0.5, 0.6) is 11.5 Å². The Balaban J connectivity index is 1.62. The van der Waals surface area contributed by atoms with Gasteiger partial charge in [-0.25, -0.2) is 0 Å². The van der Waals surface area contributed by atoms with E-state index < -0.39 is 12.0 Å². The number of aromatic nitrogens is 2. The van der Waals surface area contributed by atoms with E-state index in [1.807, 2.05) is 32.0 Å². The van der Waals surface area contributed by atoms with Crippen molar-refractivity contribution in [1.82, 2.24) is 15.1 Å². The molecule has 1 aromatic heterocycles. The standard InChI is InChI=1S/C25H25ClN4O4/c1-13-6-4-7-15(10-13)24(31)27-21-20(19-14(2)29-30(3)23(19)28-25(21)32)16-11-17(26)22-18(12-16)33-8-5-9-34-22/h4,6-7,10-12,20-21H,5,8-9H2,1-3H3,(H,27,31)(H,28,32)/t20-,21+/m0/s1. The minimum absolute atomic E-state index is 0.329.